The molecule has 7 nitrogen and oxygen atoms in total. The topological polar surface area (TPSA) is 76.7 Å². The van der Waals surface area contributed by atoms with Crippen LogP contribution in [0.4, 0.5) is 0 Å². The highest BCUT2D eigenvalue weighted by Gasteiger charge is 2.25. The highest BCUT2D eigenvalue weighted by Crippen LogP contribution is 2.23. The van der Waals surface area contributed by atoms with Crippen molar-refractivity contribution < 1.29 is 13.9 Å². The number of nitrogens with zero attached hydrogens (tertiary/aromatic N) is 2. The zero-order valence-corrected chi connectivity index (χ0v) is 14.3. The van der Waals surface area contributed by atoms with Gasteiger partial charge in [0.15, 0.2) is 0 Å². The summed E-state index contributed by atoms with van der Waals surface area (Å²) in [6.45, 7) is 5.25. The van der Waals surface area contributed by atoms with E-state index >= 15 is 0 Å². The summed E-state index contributed by atoms with van der Waals surface area (Å²) in [5.74, 6) is 1.47. The number of hydrogen-bond donors (Lipinski definition) is 1. The maximum Gasteiger partial charge on any atom is 0.250 e. The van der Waals surface area contributed by atoms with E-state index < -0.39 is 0 Å². The number of furan rings is 1. The van der Waals surface area contributed by atoms with Crippen LogP contribution in [0.1, 0.15) is 17.6 Å². The fourth-order valence-corrected chi connectivity index (χ4v) is 2.94. The number of hydrogen-bond acceptors (Lipinski definition) is 5. The monoisotopic (exact) mass is 345 g/mol. The third-order valence-electron chi connectivity index (χ3n) is 4.28. The van der Waals surface area contributed by atoms with Crippen molar-refractivity contribution in [3.05, 3.63) is 58.4 Å². The molecule has 0 spiro atoms. The molecule has 7 heteroatoms. The van der Waals surface area contributed by atoms with Gasteiger partial charge in [0.05, 0.1) is 19.3 Å². The Morgan fingerprint density at radius 1 is 1.24 bits per heavy atom. The van der Waals surface area contributed by atoms with Crippen LogP contribution in [0.15, 0.2) is 45.7 Å². The third-order valence-corrected chi connectivity index (χ3v) is 4.28. The minimum Gasteiger partial charge on any atom is -0.465 e. The molecule has 3 rings (SSSR count). The first-order valence-electron chi connectivity index (χ1n) is 8.44. The quantitative estimate of drug-likeness (QED) is 0.843. The van der Waals surface area contributed by atoms with Crippen LogP contribution in [-0.2, 0) is 16.1 Å². The van der Waals surface area contributed by atoms with E-state index in [1.54, 1.807) is 18.3 Å². The zero-order valence-electron chi connectivity index (χ0n) is 14.3. The Morgan fingerprint density at radius 3 is 2.72 bits per heavy atom. The molecule has 1 aliphatic rings. The summed E-state index contributed by atoms with van der Waals surface area (Å²) >= 11 is 0. The lowest BCUT2D eigenvalue weighted by molar-refractivity contribution is -0.122. The summed E-state index contributed by atoms with van der Waals surface area (Å²) in [7, 11) is 0. The van der Waals surface area contributed by atoms with E-state index in [0.29, 0.717) is 19.8 Å². The highest BCUT2D eigenvalue weighted by atomic mass is 16.5. The molecule has 0 radical (unpaired) electrons. The van der Waals surface area contributed by atoms with Gasteiger partial charge in [-0.1, -0.05) is 6.07 Å². The number of carbonyl (C=O) groups excluding carboxylic acids is 1. The Labute approximate surface area is 146 Å². The van der Waals surface area contributed by atoms with Crippen LogP contribution in [0.25, 0.3) is 0 Å². The lowest BCUT2D eigenvalue weighted by Gasteiger charge is -2.33. The lowest BCUT2D eigenvalue weighted by Crippen LogP contribution is -2.44. The fourth-order valence-electron chi connectivity index (χ4n) is 2.94. The first-order valence-corrected chi connectivity index (χ1v) is 8.44. The van der Waals surface area contributed by atoms with E-state index in [0.717, 1.165) is 24.6 Å². The first-order chi connectivity index (χ1) is 12.1. The summed E-state index contributed by atoms with van der Waals surface area (Å²) in [4.78, 5) is 26.2. The maximum absolute atomic E-state index is 12.2. The second-order valence-corrected chi connectivity index (χ2v) is 6.08. The average molecular weight is 345 g/mol. The fraction of sp³-hybridized carbons (Fsp3) is 0.444. The Bertz CT molecular complexity index is 761. The van der Waals surface area contributed by atoms with Crippen LogP contribution in [0.3, 0.4) is 0 Å². The van der Waals surface area contributed by atoms with Gasteiger partial charge in [-0.25, -0.2) is 0 Å². The number of nitrogens with one attached hydrogen (secondary N) is 1. The molecule has 3 heterocycles. The molecular formula is C18H23N3O4. The smallest absolute Gasteiger partial charge is 0.250 e. The van der Waals surface area contributed by atoms with Gasteiger partial charge in [-0.15, -0.1) is 0 Å². The van der Waals surface area contributed by atoms with Gasteiger partial charge in [-0.3, -0.25) is 14.5 Å². The van der Waals surface area contributed by atoms with Gasteiger partial charge in [0.1, 0.15) is 18.1 Å². The molecule has 0 aromatic carbocycles. The van der Waals surface area contributed by atoms with Crippen LogP contribution in [0.2, 0.25) is 0 Å². The predicted molar refractivity (Wildman–Crippen MR) is 92.3 cm³/mol. The zero-order chi connectivity index (χ0) is 17.6. The van der Waals surface area contributed by atoms with E-state index in [4.69, 9.17) is 9.15 Å². The second kappa shape index (κ2) is 8.13. The van der Waals surface area contributed by atoms with E-state index in [9.17, 15) is 9.59 Å². The highest BCUT2D eigenvalue weighted by molar-refractivity contribution is 5.75. The Hall–Kier alpha value is -2.38. The van der Waals surface area contributed by atoms with Crippen LogP contribution >= 0.6 is 0 Å². The Balaban J connectivity index is 1.64. The molecular weight excluding hydrogens is 322 g/mol. The third kappa shape index (κ3) is 4.58. The van der Waals surface area contributed by atoms with Gasteiger partial charge in [-0.2, -0.15) is 0 Å². The Kier molecular flexibility index (Phi) is 5.67. The van der Waals surface area contributed by atoms with Crippen LogP contribution in [0.5, 0.6) is 0 Å². The number of morpholine rings is 1. The van der Waals surface area contributed by atoms with E-state index in [2.05, 4.69) is 10.2 Å². The van der Waals surface area contributed by atoms with Crippen molar-refractivity contribution in [2.24, 2.45) is 0 Å². The molecule has 1 amide bonds. The number of pyridine rings is 1. The predicted octanol–water partition coefficient (Wildman–Crippen LogP) is 0.939. The van der Waals surface area contributed by atoms with Crippen LogP contribution < -0.4 is 10.9 Å². The Morgan fingerprint density at radius 2 is 2.04 bits per heavy atom. The number of aryl methyl sites for hydroxylation is 1. The SMILES string of the molecule is Cc1ccc(C(CNC(=O)Cn2ccccc2=O)N2CCOCC2)o1. The summed E-state index contributed by atoms with van der Waals surface area (Å²) in [5, 5.41) is 2.92. The molecule has 0 aliphatic carbocycles. The van der Waals surface area contributed by atoms with E-state index in [1.165, 1.54) is 10.6 Å². The van der Waals surface area contributed by atoms with Crippen LogP contribution in [0, 0.1) is 6.92 Å². The molecule has 2 aromatic heterocycles. The van der Waals surface area contributed by atoms with Gasteiger partial charge in [0.25, 0.3) is 5.56 Å². The number of aromatic nitrogens is 1. The van der Waals surface area contributed by atoms with Crippen molar-refractivity contribution in [1.29, 1.82) is 0 Å². The minimum absolute atomic E-state index is 0.00663. The lowest BCUT2D eigenvalue weighted by atomic mass is 10.1. The molecule has 134 valence electrons. The van der Waals surface area contributed by atoms with E-state index in [1.807, 2.05) is 19.1 Å². The molecule has 0 saturated carbocycles. The van der Waals surface area contributed by atoms with Crippen molar-refractivity contribution in [1.82, 2.24) is 14.8 Å². The summed E-state index contributed by atoms with van der Waals surface area (Å²) in [6, 6.07) is 8.66. The largest absolute Gasteiger partial charge is 0.465 e. The summed E-state index contributed by atoms with van der Waals surface area (Å²) < 4.78 is 12.6. The average Bonchev–Trinajstić information content (AvgIpc) is 3.04. The van der Waals surface area contributed by atoms with Crippen molar-refractivity contribution in [2.45, 2.75) is 19.5 Å². The van der Waals surface area contributed by atoms with E-state index in [-0.39, 0.29) is 24.1 Å². The van der Waals surface area contributed by atoms with Gasteiger partial charge in [0, 0.05) is 31.9 Å². The molecule has 1 unspecified atom stereocenters. The second-order valence-electron chi connectivity index (χ2n) is 6.08. The number of carbonyl (C=O) groups is 1. The minimum atomic E-state index is -0.199. The van der Waals surface area contributed by atoms with Crippen molar-refractivity contribution in [3.63, 3.8) is 0 Å². The normalized spacial score (nSPS) is 16.5. The number of amides is 1. The van der Waals surface area contributed by atoms with Crippen molar-refractivity contribution in [3.8, 4) is 0 Å². The molecule has 1 N–H and O–H groups in total. The van der Waals surface area contributed by atoms with Gasteiger partial charge < -0.3 is 19.0 Å². The molecule has 0 bridgehead atoms. The maximum atomic E-state index is 12.2. The summed E-state index contributed by atoms with van der Waals surface area (Å²) in [5.41, 5.74) is -0.191. The molecule has 1 aliphatic heterocycles. The van der Waals surface area contributed by atoms with Gasteiger partial charge in [0.2, 0.25) is 5.91 Å². The van der Waals surface area contributed by atoms with Gasteiger partial charge >= 0.3 is 0 Å². The van der Waals surface area contributed by atoms with Gasteiger partial charge in [-0.05, 0) is 25.1 Å². The summed E-state index contributed by atoms with van der Waals surface area (Å²) in [6.07, 6.45) is 1.61. The first kappa shape index (κ1) is 17.4. The standard InChI is InChI=1S/C18H23N3O4/c1-14-5-6-16(25-14)15(20-8-10-24-11-9-20)12-19-17(22)13-21-7-3-2-4-18(21)23/h2-7,15H,8-13H2,1H3,(H,19,22). The number of rotatable bonds is 6. The van der Waals surface area contributed by atoms with Crippen molar-refractivity contribution in [2.75, 3.05) is 32.8 Å². The molecule has 1 saturated heterocycles. The number of ether oxygens (including phenoxy) is 1. The molecule has 1 fully saturated rings. The van der Waals surface area contributed by atoms with Crippen molar-refractivity contribution >= 4 is 5.91 Å². The molecule has 1 atom stereocenters. The molecule has 25 heavy (non-hydrogen) atoms. The van der Waals surface area contributed by atoms with Crippen LogP contribution in [-0.4, -0.2) is 48.2 Å². The molecule has 2 aromatic rings.